The molecule has 1 aromatic carbocycles. The summed E-state index contributed by atoms with van der Waals surface area (Å²) in [6.07, 6.45) is -4.36. The van der Waals surface area contributed by atoms with Crippen LogP contribution in [0.5, 0.6) is 0 Å². The molecule has 3 rings (SSSR count). The number of halogens is 2. The Morgan fingerprint density at radius 2 is 1.81 bits per heavy atom. The zero-order chi connectivity index (χ0) is 14.8. The standard InChI is InChI=1S/C14H15F2N2O3/c15-12-8-20-9-13(16)18(12)7-11-6-17(14(19)21-11)10-4-2-1-3-5-10/h1-5,7,11-13H,6,8-9H2. The fraction of sp³-hybridized carbons (Fsp3) is 0.429. The number of hydrogen-bond acceptors (Lipinski definition) is 4. The second-order valence-corrected chi connectivity index (χ2v) is 4.87. The van der Waals surface area contributed by atoms with E-state index < -0.39 is 24.8 Å². The number of ether oxygens (including phenoxy) is 2. The molecule has 3 unspecified atom stereocenters. The fourth-order valence-corrected chi connectivity index (χ4v) is 2.37. The van der Waals surface area contributed by atoms with Gasteiger partial charge in [0.25, 0.3) is 0 Å². The Labute approximate surface area is 121 Å². The van der Waals surface area contributed by atoms with Crippen molar-refractivity contribution in [1.29, 1.82) is 0 Å². The van der Waals surface area contributed by atoms with Gasteiger partial charge in [-0.05, 0) is 12.1 Å². The van der Waals surface area contributed by atoms with Crippen LogP contribution in [0.2, 0.25) is 0 Å². The van der Waals surface area contributed by atoms with E-state index in [1.807, 2.05) is 6.07 Å². The Balaban J connectivity index is 1.65. The van der Waals surface area contributed by atoms with Crippen LogP contribution in [0.4, 0.5) is 19.3 Å². The van der Waals surface area contributed by atoms with Gasteiger partial charge in [0.05, 0.1) is 26.3 Å². The van der Waals surface area contributed by atoms with E-state index in [2.05, 4.69) is 0 Å². The molecule has 0 saturated carbocycles. The van der Waals surface area contributed by atoms with E-state index in [1.165, 1.54) is 11.4 Å². The van der Waals surface area contributed by atoms with E-state index in [-0.39, 0.29) is 19.8 Å². The number of alkyl halides is 2. The normalized spacial score (nSPS) is 30.5. The van der Waals surface area contributed by atoms with Crippen LogP contribution < -0.4 is 4.90 Å². The third-order valence-electron chi connectivity index (χ3n) is 3.40. The Kier molecular flexibility index (Phi) is 4.03. The highest BCUT2D eigenvalue weighted by Crippen LogP contribution is 2.26. The predicted molar refractivity (Wildman–Crippen MR) is 70.8 cm³/mol. The number of para-hydroxylation sites is 1. The van der Waals surface area contributed by atoms with Crippen molar-refractivity contribution in [2.45, 2.75) is 18.7 Å². The molecule has 2 aliphatic rings. The first-order chi connectivity index (χ1) is 10.1. The number of benzene rings is 1. The minimum atomic E-state index is -1.57. The quantitative estimate of drug-likeness (QED) is 0.801. The van der Waals surface area contributed by atoms with Crippen molar-refractivity contribution in [2.75, 3.05) is 24.7 Å². The Morgan fingerprint density at radius 3 is 2.48 bits per heavy atom. The molecular formula is C14H15F2N2O3. The van der Waals surface area contributed by atoms with Crippen molar-refractivity contribution < 1.29 is 23.0 Å². The van der Waals surface area contributed by atoms with Crippen LogP contribution in [0.15, 0.2) is 30.3 Å². The average molecular weight is 297 g/mol. The monoisotopic (exact) mass is 297 g/mol. The van der Waals surface area contributed by atoms with Crippen LogP contribution in [0.3, 0.4) is 0 Å². The molecule has 0 aromatic heterocycles. The number of carbonyl (C=O) groups excluding carboxylic acids is 1. The maximum Gasteiger partial charge on any atom is 0.414 e. The molecule has 3 atom stereocenters. The largest absolute Gasteiger partial charge is 0.442 e. The van der Waals surface area contributed by atoms with Crippen LogP contribution in [-0.2, 0) is 9.47 Å². The van der Waals surface area contributed by atoms with Crippen molar-refractivity contribution in [3.8, 4) is 0 Å². The van der Waals surface area contributed by atoms with Crippen LogP contribution in [0.25, 0.3) is 0 Å². The second-order valence-electron chi connectivity index (χ2n) is 4.87. The number of nitrogens with zero attached hydrogens (tertiary/aromatic N) is 2. The van der Waals surface area contributed by atoms with Gasteiger partial charge >= 0.3 is 6.09 Å². The molecule has 7 heteroatoms. The highest BCUT2D eigenvalue weighted by molar-refractivity contribution is 5.89. The molecule has 2 fully saturated rings. The van der Waals surface area contributed by atoms with E-state index in [9.17, 15) is 13.6 Å². The van der Waals surface area contributed by atoms with Gasteiger partial charge in [0.2, 0.25) is 0 Å². The molecule has 2 saturated heterocycles. The Hall–Kier alpha value is -1.73. The van der Waals surface area contributed by atoms with E-state index >= 15 is 0 Å². The predicted octanol–water partition coefficient (Wildman–Crippen LogP) is 2.10. The Morgan fingerprint density at radius 1 is 1.14 bits per heavy atom. The highest BCUT2D eigenvalue weighted by atomic mass is 19.2. The van der Waals surface area contributed by atoms with E-state index in [0.29, 0.717) is 5.69 Å². The number of morpholine rings is 1. The zero-order valence-electron chi connectivity index (χ0n) is 11.2. The minimum Gasteiger partial charge on any atom is -0.442 e. The summed E-state index contributed by atoms with van der Waals surface area (Å²) < 4.78 is 37.2. The number of amides is 1. The van der Waals surface area contributed by atoms with Gasteiger partial charge in [0.1, 0.15) is 6.10 Å². The van der Waals surface area contributed by atoms with Gasteiger partial charge in [-0.3, -0.25) is 4.90 Å². The Bertz CT molecular complexity index is 492. The lowest BCUT2D eigenvalue weighted by Crippen LogP contribution is -2.48. The first kappa shape index (κ1) is 14.2. The van der Waals surface area contributed by atoms with Gasteiger partial charge in [0, 0.05) is 5.69 Å². The number of carbonyl (C=O) groups is 1. The van der Waals surface area contributed by atoms with Crippen LogP contribution in [0, 0.1) is 6.54 Å². The summed E-state index contributed by atoms with van der Waals surface area (Å²) in [6.45, 7) is 1.12. The molecule has 1 radical (unpaired) electrons. The van der Waals surface area contributed by atoms with Gasteiger partial charge in [-0.1, -0.05) is 18.2 Å². The smallest absolute Gasteiger partial charge is 0.414 e. The molecular weight excluding hydrogens is 282 g/mol. The highest BCUT2D eigenvalue weighted by Gasteiger charge is 2.39. The van der Waals surface area contributed by atoms with Gasteiger partial charge in [-0.15, -0.1) is 0 Å². The molecule has 0 N–H and O–H groups in total. The van der Waals surface area contributed by atoms with E-state index in [4.69, 9.17) is 9.47 Å². The van der Waals surface area contributed by atoms with E-state index in [0.717, 1.165) is 4.90 Å². The number of cyclic esters (lactones) is 1. The van der Waals surface area contributed by atoms with Crippen molar-refractivity contribution in [1.82, 2.24) is 4.90 Å². The molecule has 0 bridgehead atoms. The maximum atomic E-state index is 13.6. The molecule has 0 aliphatic carbocycles. The molecule has 21 heavy (non-hydrogen) atoms. The first-order valence-corrected chi connectivity index (χ1v) is 6.66. The first-order valence-electron chi connectivity index (χ1n) is 6.66. The third kappa shape index (κ3) is 2.98. The molecule has 1 amide bonds. The van der Waals surface area contributed by atoms with Crippen molar-refractivity contribution >= 4 is 11.8 Å². The zero-order valence-corrected chi connectivity index (χ0v) is 11.2. The fourth-order valence-electron chi connectivity index (χ4n) is 2.37. The summed E-state index contributed by atoms with van der Waals surface area (Å²) in [5.41, 5.74) is 0.689. The summed E-state index contributed by atoms with van der Waals surface area (Å²) in [6, 6.07) is 8.99. The molecule has 5 nitrogen and oxygen atoms in total. The van der Waals surface area contributed by atoms with Crippen LogP contribution >= 0.6 is 0 Å². The summed E-state index contributed by atoms with van der Waals surface area (Å²) in [4.78, 5) is 14.2. The molecule has 113 valence electrons. The van der Waals surface area contributed by atoms with Gasteiger partial charge in [0.15, 0.2) is 12.6 Å². The summed E-state index contributed by atoms with van der Waals surface area (Å²) in [7, 11) is 0. The van der Waals surface area contributed by atoms with Crippen molar-refractivity contribution in [3.05, 3.63) is 36.9 Å². The lowest BCUT2D eigenvalue weighted by atomic mass is 10.2. The summed E-state index contributed by atoms with van der Waals surface area (Å²) in [5.74, 6) is 0. The van der Waals surface area contributed by atoms with Crippen molar-refractivity contribution in [3.63, 3.8) is 0 Å². The topological polar surface area (TPSA) is 42.0 Å². The van der Waals surface area contributed by atoms with Crippen LogP contribution in [-0.4, -0.2) is 49.4 Å². The molecule has 1 aromatic rings. The van der Waals surface area contributed by atoms with Crippen molar-refractivity contribution in [2.24, 2.45) is 0 Å². The molecule has 0 spiro atoms. The summed E-state index contributed by atoms with van der Waals surface area (Å²) in [5, 5.41) is 0. The maximum absolute atomic E-state index is 13.6. The second kappa shape index (κ2) is 5.95. The SMILES string of the molecule is O=C1OC([CH]N2C(F)COCC2F)CN1c1ccccc1. The average Bonchev–Trinajstić information content (AvgIpc) is 2.85. The lowest BCUT2D eigenvalue weighted by molar-refractivity contribution is -0.130. The van der Waals surface area contributed by atoms with Gasteiger partial charge in [-0.25, -0.2) is 18.5 Å². The third-order valence-corrected chi connectivity index (χ3v) is 3.40. The lowest BCUT2D eigenvalue weighted by Gasteiger charge is -2.33. The van der Waals surface area contributed by atoms with Crippen LogP contribution in [0.1, 0.15) is 0 Å². The molecule has 2 heterocycles. The van der Waals surface area contributed by atoms with E-state index in [1.54, 1.807) is 24.3 Å². The number of rotatable bonds is 3. The van der Waals surface area contributed by atoms with Gasteiger partial charge in [-0.2, -0.15) is 0 Å². The molecule has 2 aliphatic heterocycles. The number of hydrogen-bond donors (Lipinski definition) is 0. The number of anilines is 1. The summed E-state index contributed by atoms with van der Waals surface area (Å²) >= 11 is 0. The minimum absolute atomic E-state index is 0.194. The van der Waals surface area contributed by atoms with Gasteiger partial charge < -0.3 is 9.47 Å².